The minimum Gasteiger partial charge on any atom is -0.497 e. The molecule has 8 heteroatoms. The number of ether oxygens (including phenoxy) is 2. The number of rotatable bonds is 6. The van der Waals surface area contributed by atoms with Crippen LogP contribution in [0.4, 0.5) is 10.5 Å². The topological polar surface area (TPSA) is 84.9 Å². The van der Waals surface area contributed by atoms with Gasteiger partial charge in [-0.15, -0.1) is 0 Å². The molecule has 1 heterocycles. The van der Waals surface area contributed by atoms with Gasteiger partial charge in [0.2, 0.25) is 10.0 Å². The van der Waals surface area contributed by atoms with Crippen LogP contribution in [0.15, 0.2) is 47.4 Å². The molecule has 1 atom stereocenters. The molecular weight excluding hydrogens is 368 g/mol. The molecule has 1 aliphatic rings. The van der Waals surface area contributed by atoms with Crippen LogP contribution in [-0.2, 0) is 14.8 Å². The van der Waals surface area contributed by atoms with Gasteiger partial charge in [-0.3, -0.25) is 4.90 Å². The summed E-state index contributed by atoms with van der Waals surface area (Å²) in [5.41, 5.74) is 2.16. The number of cyclic esters (lactones) is 1. The third kappa shape index (κ3) is 4.23. The number of anilines is 1. The summed E-state index contributed by atoms with van der Waals surface area (Å²) in [6.07, 6.45) is -1.09. The predicted molar refractivity (Wildman–Crippen MR) is 102 cm³/mol. The third-order valence-electron chi connectivity index (χ3n) is 4.37. The fourth-order valence-electron chi connectivity index (χ4n) is 2.89. The van der Waals surface area contributed by atoms with Gasteiger partial charge >= 0.3 is 6.09 Å². The summed E-state index contributed by atoms with van der Waals surface area (Å²) in [5.74, 6) is 0.624. The third-order valence-corrected chi connectivity index (χ3v) is 5.94. The van der Waals surface area contributed by atoms with Crippen molar-refractivity contribution < 1.29 is 22.7 Å². The first-order chi connectivity index (χ1) is 12.8. The fourth-order valence-corrected chi connectivity index (χ4v) is 4.29. The SMILES string of the molecule is COc1cccc(N2CC(CNS(=O)(=O)c3cc(C)ccc3C)OC2=O)c1. The second kappa shape index (κ2) is 7.58. The molecule has 0 aliphatic carbocycles. The minimum absolute atomic E-state index is 0.00191. The van der Waals surface area contributed by atoms with Crippen molar-refractivity contribution in [2.24, 2.45) is 0 Å². The number of aryl methyl sites for hydroxylation is 2. The van der Waals surface area contributed by atoms with Gasteiger partial charge in [-0.1, -0.05) is 18.2 Å². The van der Waals surface area contributed by atoms with Gasteiger partial charge in [0.25, 0.3) is 0 Å². The molecule has 3 rings (SSSR count). The van der Waals surface area contributed by atoms with Gasteiger partial charge in [-0.25, -0.2) is 17.9 Å². The van der Waals surface area contributed by atoms with Crippen LogP contribution in [0, 0.1) is 13.8 Å². The number of nitrogens with one attached hydrogen (secondary N) is 1. The zero-order valence-electron chi connectivity index (χ0n) is 15.4. The van der Waals surface area contributed by atoms with Gasteiger partial charge in [0.05, 0.1) is 24.2 Å². The molecule has 0 bridgehead atoms. The summed E-state index contributed by atoms with van der Waals surface area (Å²) < 4.78 is 38.2. The van der Waals surface area contributed by atoms with E-state index in [1.807, 2.05) is 13.0 Å². The van der Waals surface area contributed by atoms with Gasteiger partial charge in [-0.2, -0.15) is 0 Å². The van der Waals surface area contributed by atoms with Gasteiger partial charge in [0, 0.05) is 12.6 Å². The molecule has 1 saturated heterocycles. The molecule has 0 radical (unpaired) electrons. The minimum atomic E-state index is -3.69. The second-order valence-electron chi connectivity index (χ2n) is 6.44. The normalized spacial score (nSPS) is 17.1. The number of hydrogen-bond acceptors (Lipinski definition) is 5. The first-order valence-corrected chi connectivity index (χ1v) is 9.97. The highest BCUT2D eigenvalue weighted by Crippen LogP contribution is 2.25. The number of methoxy groups -OCH3 is 1. The van der Waals surface area contributed by atoms with E-state index in [1.165, 1.54) is 4.90 Å². The van der Waals surface area contributed by atoms with E-state index in [1.54, 1.807) is 50.4 Å². The quantitative estimate of drug-likeness (QED) is 0.820. The lowest BCUT2D eigenvalue weighted by molar-refractivity contribution is 0.143. The zero-order chi connectivity index (χ0) is 19.6. The van der Waals surface area contributed by atoms with Crippen LogP contribution in [-0.4, -0.2) is 40.8 Å². The van der Waals surface area contributed by atoms with E-state index in [4.69, 9.17) is 9.47 Å². The molecular formula is C19H22N2O5S. The van der Waals surface area contributed by atoms with E-state index in [0.29, 0.717) is 17.0 Å². The van der Waals surface area contributed by atoms with Crippen molar-refractivity contribution in [1.29, 1.82) is 0 Å². The monoisotopic (exact) mass is 390 g/mol. The smallest absolute Gasteiger partial charge is 0.414 e. The number of carbonyl (C=O) groups excluding carboxylic acids is 1. The van der Waals surface area contributed by atoms with Crippen molar-refractivity contribution in [2.75, 3.05) is 25.1 Å². The lowest BCUT2D eigenvalue weighted by Crippen LogP contribution is -2.35. The van der Waals surface area contributed by atoms with E-state index < -0.39 is 22.2 Å². The highest BCUT2D eigenvalue weighted by atomic mass is 32.2. The van der Waals surface area contributed by atoms with E-state index in [9.17, 15) is 13.2 Å². The molecule has 0 spiro atoms. The molecule has 0 saturated carbocycles. The Hall–Kier alpha value is -2.58. The number of sulfonamides is 1. The molecule has 2 aromatic rings. The maximum absolute atomic E-state index is 12.6. The first-order valence-electron chi connectivity index (χ1n) is 8.49. The average molecular weight is 390 g/mol. The molecule has 1 amide bonds. The predicted octanol–water partition coefficient (Wildman–Crippen LogP) is 2.62. The van der Waals surface area contributed by atoms with Crippen molar-refractivity contribution >= 4 is 21.8 Å². The van der Waals surface area contributed by atoms with Crippen LogP contribution in [0.5, 0.6) is 5.75 Å². The van der Waals surface area contributed by atoms with Crippen LogP contribution < -0.4 is 14.4 Å². The van der Waals surface area contributed by atoms with Crippen molar-refractivity contribution in [3.8, 4) is 5.75 Å². The summed E-state index contributed by atoms with van der Waals surface area (Å²) in [7, 11) is -2.14. The number of carbonyl (C=O) groups is 1. The Kier molecular flexibility index (Phi) is 5.38. The van der Waals surface area contributed by atoms with Crippen LogP contribution in [0.3, 0.4) is 0 Å². The Balaban J connectivity index is 1.69. The molecule has 1 fully saturated rings. The maximum atomic E-state index is 12.6. The Labute approximate surface area is 158 Å². The van der Waals surface area contributed by atoms with Crippen LogP contribution in [0.2, 0.25) is 0 Å². The van der Waals surface area contributed by atoms with Gasteiger partial charge in [0.1, 0.15) is 11.9 Å². The summed E-state index contributed by atoms with van der Waals surface area (Å²) >= 11 is 0. The van der Waals surface area contributed by atoms with Gasteiger partial charge in [0.15, 0.2) is 0 Å². The molecule has 7 nitrogen and oxygen atoms in total. The lowest BCUT2D eigenvalue weighted by atomic mass is 10.2. The van der Waals surface area contributed by atoms with E-state index in [2.05, 4.69) is 4.72 Å². The Morgan fingerprint density at radius 1 is 1.22 bits per heavy atom. The molecule has 1 aliphatic heterocycles. The van der Waals surface area contributed by atoms with Crippen molar-refractivity contribution in [3.63, 3.8) is 0 Å². The Bertz CT molecular complexity index is 958. The largest absolute Gasteiger partial charge is 0.497 e. The van der Waals surface area contributed by atoms with Gasteiger partial charge < -0.3 is 9.47 Å². The van der Waals surface area contributed by atoms with Gasteiger partial charge in [-0.05, 0) is 43.2 Å². The lowest BCUT2D eigenvalue weighted by Gasteiger charge is -2.14. The summed E-state index contributed by atoms with van der Waals surface area (Å²) in [6.45, 7) is 3.83. The number of hydrogen-bond donors (Lipinski definition) is 1. The fraction of sp³-hybridized carbons (Fsp3) is 0.316. The number of nitrogens with zero attached hydrogens (tertiary/aromatic N) is 1. The van der Waals surface area contributed by atoms with Crippen LogP contribution in [0.1, 0.15) is 11.1 Å². The Morgan fingerprint density at radius 2 is 2.00 bits per heavy atom. The standard InChI is InChI=1S/C19H22N2O5S/c1-13-7-8-14(2)18(9-13)27(23,24)20-11-17-12-21(19(22)26-17)15-5-4-6-16(10-15)25-3/h4-10,17,20H,11-12H2,1-3H3. The van der Waals surface area contributed by atoms with Crippen molar-refractivity contribution in [1.82, 2.24) is 4.72 Å². The summed E-state index contributed by atoms with van der Waals surface area (Å²) in [4.78, 5) is 13.9. The van der Waals surface area contributed by atoms with Crippen LogP contribution >= 0.6 is 0 Å². The highest BCUT2D eigenvalue weighted by molar-refractivity contribution is 7.89. The molecule has 27 heavy (non-hydrogen) atoms. The summed E-state index contributed by atoms with van der Waals surface area (Å²) in [6, 6.07) is 12.3. The maximum Gasteiger partial charge on any atom is 0.414 e. The summed E-state index contributed by atoms with van der Waals surface area (Å²) in [5, 5.41) is 0. The zero-order valence-corrected chi connectivity index (χ0v) is 16.2. The van der Waals surface area contributed by atoms with E-state index in [0.717, 1.165) is 5.56 Å². The van der Waals surface area contributed by atoms with Crippen molar-refractivity contribution in [3.05, 3.63) is 53.6 Å². The Morgan fingerprint density at radius 3 is 2.74 bits per heavy atom. The first kappa shape index (κ1) is 19.2. The second-order valence-corrected chi connectivity index (χ2v) is 8.17. The highest BCUT2D eigenvalue weighted by Gasteiger charge is 2.33. The molecule has 1 N–H and O–H groups in total. The molecule has 144 valence electrons. The molecule has 1 unspecified atom stereocenters. The van der Waals surface area contributed by atoms with Crippen LogP contribution in [0.25, 0.3) is 0 Å². The number of benzene rings is 2. The van der Waals surface area contributed by atoms with Crippen molar-refractivity contribution in [2.45, 2.75) is 24.8 Å². The number of amides is 1. The molecule has 2 aromatic carbocycles. The van der Waals surface area contributed by atoms with E-state index >= 15 is 0 Å². The average Bonchev–Trinajstić information content (AvgIpc) is 3.03. The van der Waals surface area contributed by atoms with E-state index in [-0.39, 0.29) is 18.0 Å². The molecule has 0 aromatic heterocycles.